The zero-order valence-corrected chi connectivity index (χ0v) is 20.1. The second-order valence-electron chi connectivity index (χ2n) is 9.40. The first kappa shape index (κ1) is 24.2. The summed E-state index contributed by atoms with van der Waals surface area (Å²) < 4.78 is 5.88. The molecule has 2 aromatic carbocycles. The minimum atomic E-state index is -0.910. The van der Waals surface area contributed by atoms with Crippen molar-refractivity contribution in [1.82, 2.24) is 15.1 Å². The maximum absolute atomic E-state index is 13.2. The number of piperidine rings is 1. The number of piperazine rings is 1. The second kappa shape index (κ2) is 10.6. The molecule has 0 aromatic heterocycles. The topological polar surface area (TPSA) is 82.1 Å². The quantitative estimate of drug-likeness (QED) is 0.625. The lowest BCUT2D eigenvalue weighted by molar-refractivity contribution is -0.164. The monoisotopic (exact) mass is 465 g/mol. The first-order chi connectivity index (χ1) is 16.4. The van der Waals surface area contributed by atoms with Crippen molar-refractivity contribution in [1.29, 1.82) is 0 Å². The summed E-state index contributed by atoms with van der Waals surface area (Å²) in [5, 5.41) is 12.8. The number of aliphatic hydroxyl groups is 1. The molecule has 2 aromatic rings. The van der Waals surface area contributed by atoms with Gasteiger partial charge in [0.25, 0.3) is 0 Å². The molecule has 0 saturated carbocycles. The molecule has 4 rings (SSSR count). The van der Waals surface area contributed by atoms with Gasteiger partial charge in [0, 0.05) is 26.2 Å². The molecule has 2 heterocycles. The molecule has 2 saturated heterocycles. The predicted octanol–water partition coefficient (Wildman–Crippen LogP) is 3.32. The smallest absolute Gasteiger partial charge is 0.248 e. The summed E-state index contributed by atoms with van der Waals surface area (Å²) in [4.78, 5) is 30.5. The Hall–Kier alpha value is -2.90. The van der Waals surface area contributed by atoms with E-state index in [-0.39, 0.29) is 11.8 Å². The van der Waals surface area contributed by atoms with Crippen LogP contribution in [0.15, 0.2) is 54.6 Å². The third-order valence-electron chi connectivity index (χ3n) is 6.97. The Kier molecular flexibility index (Phi) is 7.54. The number of hydrogen-bond acceptors (Lipinski definition) is 5. The highest BCUT2D eigenvalue weighted by Crippen LogP contribution is 2.34. The number of carbonyl (C=O) groups is 2. The van der Waals surface area contributed by atoms with E-state index < -0.39 is 17.7 Å². The summed E-state index contributed by atoms with van der Waals surface area (Å²) in [5.41, 5.74) is 0.360. The molecule has 0 aliphatic carbocycles. The average Bonchev–Trinajstić information content (AvgIpc) is 2.84. The van der Waals surface area contributed by atoms with Gasteiger partial charge in [0.15, 0.2) is 0 Å². The van der Waals surface area contributed by atoms with Crippen LogP contribution in [0.3, 0.4) is 0 Å². The third-order valence-corrected chi connectivity index (χ3v) is 6.97. The molecule has 7 heteroatoms. The van der Waals surface area contributed by atoms with Gasteiger partial charge in [-0.3, -0.25) is 14.5 Å². The van der Waals surface area contributed by atoms with Gasteiger partial charge >= 0.3 is 0 Å². The van der Waals surface area contributed by atoms with Crippen molar-refractivity contribution in [2.75, 3.05) is 19.6 Å². The van der Waals surface area contributed by atoms with Crippen LogP contribution in [0.1, 0.15) is 45.1 Å². The minimum absolute atomic E-state index is 0.129. The van der Waals surface area contributed by atoms with Crippen LogP contribution in [-0.4, -0.2) is 64.0 Å². The van der Waals surface area contributed by atoms with E-state index >= 15 is 0 Å². The van der Waals surface area contributed by atoms with E-state index in [9.17, 15) is 14.7 Å². The molecule has 0 bridgehead atoms. The van der Waals surface area contributed by atoms with Gasteiger partial charge in [0.2, 0.25) is 11.8 Å². The summed E-state index contributed by atoms with van der Waals surface area (Å²) in [6.07, 6.45) is 2.06. The summed E-state index contributed by atoms with van der Waals surface area (Å²) >= 11 is 0. The number of nitrogens with zero attached hydrogens (tertiary/aromatic N) is 2. The number of unbranched alkanes of at least 4 members (excludes halogenated alkanes) is 1. The van der Waals surface area contributed by atoms with E-state index in [1.54, 1.807) is 11.8 Å². The van der Waals surface area contributed by atoms with Crippen LogP contribution in [0.2, 0.25) is 0 Å². The van der Waals surface area contributed by atoms with Crippen LogP contribution in [-0.2, 0) is 16.1 Å². The number of para-hydroxylation sites is 1. The van der Waals surface area contributed by atoms with Gasteiger partial charge in [0.05, 0.1) is 6.10 Å². The SMILES string of the molecule is CCCCN1C(=O)C(C(C)O)NC(=O)C12CCN(Cc1ccc(Oc3ccccc3)cc1)CC2. The molecule has 0 radical (unpaired) electrons. The van der Waals surface area contributed by atoms with Crippen molar-refractivity contribution in [3.63, 3.8) is 0 Å². The highest BCUT2D eigenvalue weighted by molar-refractivity contribution is 6.00. The fourth-order valence-electron chi connectivity index (χ4n) is 4.93. The molecule has 2 atom stereocenters. The number of likely N-dealkylation sites (tertiary alicyclic amines) is 1. The molecule has 2 aliphatic rings. The molecule has 2 N–H and O–H groups in total. The molecular weight excluding hydrogens is 430 g/mol. The Morgan fingerprint density at radius 3 is 2.32 bits per heavy atom. The molecule has 1 spiro atoms. The first-order valence-corrected chi connectivity index (χ1v) is 12.3. The highest BCUT2D eigenvalue weighted by atomic mass is 16.5. The Morgan fingerprint density at radius 2 is 1.71 bits per heavy atom. The molecule has 2 aliphatic heterocycles. The van der Waals surface area contributed by atoms with Crippen molar-refractivity contribution < 1.29 is 19.4 Å². The number of rotatable bonds is 8. The van der Waals surface area contributed by atoms with Crippen molar-refractivity contribution in [2.24, 2.45) is 0 Å². The van der Waals surface area contributed by atoms with Gasteiger partial charge in [-0.1, -0.05) is 43.7 Å². The summed E-state index contributed by atoms with van der Waals surface area (Å²) in [5.74, 6) is 1.31. The highest BCUT2D eigenvalue weighted by Gasteiger charge is 2.54. The number of amides is 2. The van der Waals surface area contributed by atoms with Gasteiger partial charge in [-0.05, 0) is 56.0 Å². The van der Waals surface area contributed by atoms with Crippen LogP contribution in [0.4, 0.5) is 0 Å². The van der Waals surface area contributed by atoms with E-state index in [1.165, 1.54) is 5.56 Å². The summed E-state index contributed by atoms with van der Waals surface area (Å²) in [6.45, 7) is 6.41. The summed E-state index contributed by atoms with van der Waals surface area (Å²) in [7, 11) is 0. The number of ether oxygens (including phenoxy) is 1. The van der Waals surface area contributed by atoms with Crippen LogP contribution in [0.25, 0.3) is 0 Å². The lowest BCUT2D eigenvalue weighted by atomic mass is 9.81. The van der Waals surface area contributed by atoms with E-state index in [1.807, 2.05) is 42.5 Å². The molecule has 2 amide bonds. The maximum Gasteiger partial charge on any atom is 0.248 e. The van der Waals surface area contributed by atoms with Crippen LogP contribution in [0, 0.1) is 0 Å². The molecule has 2 fully saturated rings. The third kappa shape index (κ3) is 5.10. The average molecular weight is 466 g/mol. The van der Waals surface area contributed by atoms with Gasteiger partial charge < -0.3 is 20.1 Å². The molecule has 7 nitrogen and oxygen atoms in total. The number of aliphatic hydroxyl groups excluding tert-OH is 1. The van der Waals surface area contributed by atoms with E-state index in [0.29, 0.717) is 19.4 Å². The molecule has 2 unspecified atom stereocenters. The van der Waals surface area contributed by atoms with E-state index in [4.69, 9.17) is 4.74 Å². The molecule has 34 heavy (non-hydrogen) atoms. The second-order valence-corrected chi connectivity index (χ2v) is 9.40. The Balaban J connectivity index is 1.39. The Morgan fingerprint density at radius 1 is 1.06 bits per heavy atom. The minimum Gasteiger partial charge on any atom is -0.457 e. The number of hydrogen-bond donors (Lipinski definition) is 2. The van der Waals surface area contributed by atoms with Gasteiger partial charge in [-0.25, -0.2) is 0 Å². The van der Waals surface area contributed by atoms with Gasteiger partial charge in [0.1, 0.15) is 23.1 Å². The van der Waals surface area contributed by atoms with E-state index in [2.05, 4.69) is 29.3 Å². The standard InChI is InChI=1S/C27H35N3O4/c1-3-4-16-30-25(32)24(20(2)31)28-26(33)27(30)14-17-29(18-15-27)19-21-10-12-23(13-11-21)34-22-8-6-5-7-9-22/h5-13,20,24,31H,3-4,14-19H2,1-2H3,(H,28,33). The maximum atomic E-state index is 13.2. The fraction of sp³-hybridized carbons (Fsp3) is 0.481. The predicted molar refractivity (Wildman–Crippen MR) is 130 cm³/mol. The van der Waals surface area contributed by atoms with Crippen molar-refractivity contribution in [3.8, 4) is 11.5 Å². The fourth-order valence-corrected chi connectivity index (χ4v) is 4.93. The van der Waals surface area contributed by atoms with E-state index in [0.717, 1.165) is 44.0 Å². The Labute approximate surface area is 201 Å². The number of nitrogens with one attached hydrogen (secondary N) is 1. The lowest BCUT2D eigenvalue weighted by Crippen LogP contribution is -2.74. The molecule has 182 valence electrons. The summed E-state index contributed by atoms with van der Waals surface area (Å²) in [6, 6.07) is 16.9. The van der Waals surface area contributed by atoms with Gasteiger partial charge in [-0.15, -0.1) is 0 Å². The number of carbonyl (C=O) groups excluding carboxylic acids is 2. The van der Waals surface area contributed by atoms with Crippen molar-refractivity contribution >= 4 is 11.8 Å². The number of benzene rings is 2. The Bertz CT molecular complexity index is 969. The lowest BCUT2D eigenvalue weighted by Gasteiger charge is -2.52. The van der Waals surface area contributed by atoms with Gasteiger partial charge in [-0.2, -0.15) is 0 Å². The van der Waals surface area contributed by atoms with Crippen LogP contribution >= 0.6 is 0 Å². The first-order valence-electron chi connectivity index (χ1n) is 12.3. The zero-order valence-electron chi connectivity index (χ0n) is 20.1. The van der Waals surface area contributed by atoms with Crippen molar-refractivity contribution in [3.05, 3.63) is 60.2 Å². The normalized spacial score (nSPS) is 21.4. The largest absolute Gasteiger partial charge is 0.457 e. The molecular formula is C27H35N3O4. The van der Waals surface area contributed by atoms with Crippen molar-refractivity contribution in [2.45, 2.75) is 63.8 Å². The van der Waals surface area contributed by atoms with Crippen LogP contribution < -0.4 is 10.1 Å². The van der Waals surface area contributed by atoms with Crippen LogP contribution in [0.5, 0.6) is 11.5 Å². The zero-order chi connectivity index (χ0) is 24.1.